The Bertz CT molecular complexity index is 503. The van der Waals surface area contributed by atoms with Gasteiger partial charge in [-0.3, -0.25) is 9.59 Å². The molecular formula is C15H20N2O2. The second kappa shape index (κ2) is 6.73. The zero-order valence-electron chi connectivity index (χ0n) is 11.9. The van der Waals surface area contributed by atoms with Crippen LogP contribution in [0.15, 0.2) is 35.9 Å². The molecule has 0 radical (unpaired) electrons. The first-order valence-corrected chi connectivity index (χ1v) is 6.15. The van der Waals surface area contributed by atoms with Crippen LogP contribution in [0.3, 0.4) is 0 Å². The van der Waals surface area contributed by atoms with Gasteiger partial charge in [0.15, 0.2) is 0 Å². The Morgan fingerprint density at radius 3 is 2.53 bits per heavy atom. The fourth-order valence-electron chi connectivity index (χ4n) is 1.57. The number of hydrogen-bond acceptors (Lipinski definition) is 2. The molecule has 0 saturated carbocycles. The summed E-state index contributed by atoms with van der Waals surface area (Å²) in [6.07, 6.45) is 1.55. The Balaban J connectivity index is 2.75. The molecule has 4 nitrogen and oxygen atoms in total. The van der Waals surface area contributed by atoms with E-state index in [1.807, 2.05) is 38.1 Å². The Morgan fingerprint density at radius 2 is 1.95 bits per heavy atom. The quantitative estimate of drug-likeness (QED) is 0.846. The van der Waals surface area contributed by atoms with Crippen LogP contribution in [-0.2, 0) is 16.1 Å². The number of amides is 2. The predicted octanol–water partition coefficient (Wildman–Crippen LogP) is 2.57. The lowest BCUT2D eigenvalue weighted by Crippen LogP contribution is -2.23. The van der Waals surface area contributed by atoms with Gasteiger partial charge < -0.3 is 10.2 Å². The normalized spacial score (nSPS) is 9.68. The van der Waals surface area contributed by atoms with Gasteiger partial charge in [-0.2, -0.15) is 0 Å². The van der Waals surface area contributed by atoms with E-state index in [9.17, 15) is 9.59 Å². The fraction of sp³-hybridized carbons (Fsp3) is 0.333. The first-order chi connectivity index (χ1) is 8.88. The van der Waals surface area contributed by atoms with E-state index in [-0.39, 0.29) is 11.8 Å². The van der Waals surface area contributed by atoms with Crippen molar-refractivity contribution in [2.75, 3.05) is 12.4 Å². The van der Waals surface area contributed by atoms with E-state index in [2.05, 4.69) is 5.32 Å². The Morgan fingerprint density at radius 1 is 1.26 bits per heavy atom. The van der Waals surface area contributed by atoms with Crippen molar-refractivity contribution in [2.24, 2.45) is 0 Å². The highest BCUT2D eigenvalue weighted by molar-refractivity contribution is 5.99. The monoisotopic (exact) mass is 260 g/mol. The van der Waals surface area contributed by atoms with Gasteiger partial charge >= 0.3 is 0 Å². The van der Waals surface area contributed by atoms with Crippen molar-refractivity contribution in [1.82, 2.24) is 4.90 Å². The molecule has 1 aromatic carbocycles. The number of carbonyl (C=O) groups excluding carboxylic acids is 2. The van der Waals surface area contributed by atoms with E-state index in [1.54, 1.807) is 18.0 Å². The molecule has 1 N–H and O–H groups in total. The van der Waals surface area contributed by atoms with E-state index >= 15 is 0 Å². The molecule has 0 fully saturated rings. The predicted molar refractivity (Wildman–Crippen MR) is 76.7 cm³/mol. The summed E-state index contributed by atoms with van der Waals surface area (Å²) < 4.78 is 0. The number of nitrogens with one attached hydrogen (secondary N) is 1. The van der Waals surface area contributed by atoms with E-state index in [1.165, 1.54) is 6.92 Å². The Hall–Kier alpha value is -2.10. The van der Waals surface area contributed by atoms with Gasteiger partial charge in [-0.1, -0.05) is 17.7 Å². The van der Waals surface area contributed by atoms with Crippen LogP contribution in [0.5, 0.6) is 0 Å². The Kier molecular flexibility index (Phi) is 5.30. The minimum atomic E-state index is -0.142. The van der Waals surface area contributed by atoms with Crippen LogP contribution >= 0.6 is 0 Å². The largest absolute Gasteiger partial charge is 0.342 e. The summed E-state index contributed by atoms with van der Waals surface area (Å²) in [5, 5.41) is 2.80. The van der Waals surface area contributed by atoms with Crippen LogP contribution in [0.4, 0.5) is 5.69 Å². The molecule has 0 spiro atoms. The van der Waals surface area contributed by atoms with E-state index < -0.39 is 0 Å². The minimum Gasteiger partial charge on any atom is -0.342 e. The summed E-state index contributed by atoms with van der Waals surface area (Å²) in [6.45, 7) is 5.80. The maximum absolute atomic E-state index is 11.6. The van der Waals surface area contributed by atoms with Gasteiger partial charge in [-0.15, -0.1) is 0 Å². The zero-order chi connectivity index (χ0) is 14.4. The summed E-state index contributed by atoms with van der Waals surface area (Å²) >= 11 is 0. The first-order valence-electron chi connectivity index (χ1n) is 6.15. The van der Waals surface area contributed by atoms with E-state index in [0.717, 1.165) is 16.8 Å². The molecule has 19 heavy (non-hydrogen) atoms. The van der Waals surface area contributed by atoms with Crippen LogP contribution in [0, 0.1) is 0 Å². The highest BCUT2D eigenvalue weighted by Gasteiger charge is 2.05. The standard InChI is InChI=1S/C15H20N2O2/c1-11(2)8-15(19)16-14-7-5-6-13(9-14)10-17(4)12(3)18/h5-9H,10H2,1-4H3,(H,16,19). The number of benzene rings is 1. The number of rotatable bonds is 4. The molecule has 0 aliphatic rings. The van der Waals surface area contributed by atoms with Crippen LogP contribution in [0.2, 0.25) is 0 Å². The summed E-state index contributed by atoms with van der Waals surface area (Å²) in [6, 6.07) is 7.49. The van der Waals surface area contributed by atoms with E-state index in [0.29, 0.717) is 6.54 Å². The molecule has 0 atom stereocenters. The molecule has 102 valence electrons. The number of nitrogens with zero attached hydrogens (tertiary/aromatic N) is 1. The van der Waals surface area contributed by atoms with Crippen molar-refractivity contribution in [3.8, 4) is 0 Å². The summed E-state index contributed by atoms with van der Waals surface area (Å²) in [5.41, 5.74) is 2.66. The van der Waals surface area contributed by atoms with Crippen molar-refractivity contribution < 1.29 is 9.59 Å². The molecule has 2 amide bonds. The molecule has 0 aliphatic carbocycles. The fourth-order valence-corrected chi connectivity index (χ4v) is 1.57. The number of hydrogen-bond donors (Lipinski definition) is 1. The van der Waals surface area contributed by atoms with Crippen LogP contribution in [-0.4, -0.2) is 23.8 Å². The molecule has 0 bridgehead atoms. The molecule has 1 aromatic rings. The van der Waals surface area contributed by atoms with Crippen molar-refractivity contribution in [3.05, 3.63) is 41.5 Å². The van der Waals surface area contributed by atoms with Gasteiger partial charge in [-0.05, 0) is 31.5 Å². The summed E-state index contributed by atoms with van der Waals surface area (Å²) in [4.78, 5) is 24.4. The maximum atomic E-state index is 11.6. The van der Waals surface area contributed by atoms with Crippen molar-refractivity contribution in [1.29, 1.82) is 0 Å². The first kappa shape index (κ1) is 15.0. The number of anilines is 1. The smallest absolute Gasteiger partial charge is 0.248 e. The lowest BCUT2D eigenvalue weighted by atomic mass is 10.2. The van der Waals surface area contributed by atoms with E-state index in [4.69, 9.17) is 0 Å². The third-order valence-corrected chi connectivity index (χ3v) is 2.57. The van der Waals surface area contributed by atoms with Crippen molar-refractivity contribution in [3.63, 3.8) is 0 Å². The lowest BCUT2D eigenvalue weighted by Gasteiger charge is -2.15. The average Bonchev–Trinajstić information content (AvgIpc) is 2.27. The van der Waals surface area contributed by atoms with Gasteiger partial charge in [0.1, 0.15) is 0 Å². The van der Waals surface area contributed by atoms with Crippen molar-refractivity contribution >= 4 is 17.5 Å². The van der Waals surface area contributed by atoms with Crippen LogP contribution in [0.25, 0.3) is 0 Å². The van der Waals surface area contributed by atoms with Gasteiger partial charge in [0.25, 0.3) is 0 Å². The van der Waals surface area contributed by atoms with Crippen LogP contribution < -0.4 is 5.32 Å². The third kappa shape index (κ3) is 5.38. The number of carbonyl (C=O) groups is 2. The summed E-state index contributed by atoms with van der Waals surface area (Å²) in [7, 11) is 1.75. The molecule has 1 rings (SSSR count). The molecule has 0 unspecified atom stereocenters. The second-order valence-electron chi connectivity index (χ2n) is 4.79. The minimum absolute atomic E-state index is 0.0129. The SMILES string of the molecule is CC(=O)N(C)Cc1cccc(NC(=O)C=C(C)C)c1. The molecule has 0 aromatic heterocycles. The number of allylic oxidation sites excluding steroid dienone is 1. The third-order valence-electron chi connectivity index (χ3n) is 2.57. The molecule has 0 aliphatic heterocycles. The Labute approximate surface area is 114 Å². The van der Waals surface area contributed by atoms with Crippen molar-refractivity contribution in [2.45, 2.75) is 27.3 Å². The highest BCUT2D eigenvalue weighted by Crippen LogP contribution is 2.12. The molecule has 0 saturated heterocycles. The average molecular weight is 260 g/mol. The molecule has 0 heterocycles. The van der Waals surface area contributed by atoms with Gasteiger partial charge in [0, 0.05) is 32.3 Å². The zero-order valence-corrected chi connectivity index (χ0v) is 11.9. The topological polar surface area (TPSA) is 49.4 Å². The van der Waals surface area contributed by atoms with Gasteiger partial charge in [0.2, 0.25) is 11.8 Å². The lowest BCUT2D eigenvalue weighted by molar-refractivity contribution is -0.128. The van der Waals surface area contributed by atoms with Gasteiger partial charge in [-0.25, -0.2) is 0 Å². The highest BCUT2D eigenvalue weighted by atomic mass is 16.2. The van der Waals surface area contributed by atoms with Crippen LogP contribution in [0.1, 0.15) is 26.3 Å². The molecule has 4 heteroatoms. The van der Waals surface area contributed by atoms with Gasteiger partial charge in [0.05, 0.1) is 0 Å². The molecular weight excluding hydrogens is 240 g/mol. The maximum Gasteiger partial charge on any atom is 0.248 e. The second-order valence-corrected chi connectivity index (χ2v) is 4.79. The summed E-state index contributed by atoms with van der Waals surface area (Å²) in [5.74, 6) is -0.129.